The van der Waals surface area contributed by atoms with E-state index in [1.54, 1.807) is 0 Å². The highest BCUT2D eigenvalue weighted by molar-refractivity contribution is 7.29. The molecule has 0 saturated heterocycles. The van der Waals surface area contributed by atoms with Gasteiger partial charge in [0.15, 0.2) is 0 Å². The Kier molecular flexibility index (Phi) is 11.0. The Morgan fingerprint density at radius 1 is 0.318 bits per heavy atom. The molecule has 0 aliphatic carbocycles. The lowest BCUT2D eigenvalue weighted by atomic mass is 10.0. The van der Waals surface area contributed by atoms with Crippen molar-refractivity contribution < 1.29 is 0 Å². The van der Waals surface area contributed by atoms with E-state index < -0.39 is 0 Å². The summed E-state index contributed by atoms with van der Waals surface area (Å²) < 4.78 is 0. The molecular formula is C40H42S4. The summed E-state index contributed by atoms with van der Waals surface area (Å²) in [7, 11) is 0. The van der Waals surface area contributed by atoms with E-state index in [0.717, 1.165) is 0 Å². The minimum Gasteiger partial charge on any atom is -0.134 e. The molecule has 0 fully saturated rings. The van der Waals surface area contributed by atoms with E-state index in [1.165, 1.54) is 125 Å². The Hall–Kier alpha value is -2.76. The first kappa shape index (κ1) is 31.2. The molecule has 0 aliphatic heterocycles. The summed E-state index contributed by atoms with van der Waals surface area (Å²) in [5, 5.41) is 0. The summed E-state index contributed by atoms with van der Waals surface area (Å²) >= 11 is 7.62. The second kappa shape index (κ2) is 15.5. The van der Waals surface area contributed by atoms with E-state index in [4.69, 9.17) is 0 Å². The Bertz CT molecular complexity index is 1590. The number of rotatable bonds is 15. The molecule has 4 heterocycles. The molecule has 0 bridgehead atoms. The van der Waals surface area contributed by atoms with Crippen LogP contribution in [0.25, 0.3) is 50.1 Å². The fourth-order valence-corrected chi connectivity index (χ4v) is 9.95. The Balaban J connectivity index is 1.08. The van der Waals surface area contributed by atoms with Crippen LogP contribution in [0.2, 0.25) is 0 Å². The molecule has 6 aromatic rings. The molecule has 4 aromatic heterocycles. The lowest BCUT2D eigenvalue weighted by Gasteiger charge is -2.03. The molecule has 0 saturated carbocycles. The zero-order valence-electron chi connectivity index (χ0n) is 25.9. The summed E-state index contributed by atoms with van der Waals surface area (Å²) in [6.45, 7) is 4.55. The maximum absolute atomic E-state index is 2.32. The molecule has 4 heteroatoms. The van der Waals surface area contributed by atoms with E-state index in [-0.39, 0.29) is 0 Å². The number of thiophene rings is 4. The predicted molar refractivity (Wildman–Crippen MR) is 201 cm³/mol. The highest BCUT2D eigenvalue weighted by Crippen LogP contribution is 2.44. The lowest BCUT2D eigenvalue weighted by molar-refractivity contribution is 0.667. The molecule has 0 N–H and O–H groups in total. The number of aryl methyl sites for hydroxylation is 2. The van der Waals surface area contributed by atoms with Crippen molar-refractivity contribution >= 4 is 45.3 Å². The van der Waals surface area contributed by atoms with Gasteiger partial charge in [-0.05, 0) is 96.5 Å². The quantitative estimate of drug-likeness (QED) is 0.0970. The van der Waals surface area contributed by atoms with Gasteiger partial charge < -0.3 is 0 Å². The topological polar surface area (TPSA) is 0 Å². The van der Waals surface area contributed by atoms with Gasteiger partial charge in [0, 0.05) is 39.0 Å². The van der Waals surface area contributed by atoms with Crippen LogP contribution in [0.4, 0.5) is 0 Å². The minimum absolute atomic E-state index is 1.19. The molecule has 0 amide bonds. The smallest absolute Gasteiger partial charge is 0.0449 e. The summed E-state index contributed by atoms with van der Waals surface area (Å²) in [6.07, 6.45) is 12.9. The molecule has 0 aliphatic rings. The molecule has 0 spiro atoms. The van der Waals surface area contributed by atoms with Crippen LogP contribution in [0.1, 0.15) is 76.3 Å². The van der Waals surface area contributed by atoms with Crippen molar-refractivity contribution in [2.45, 2.75) is 78.1 Å². The summed E-state index contributed by atoms with van der Waals surface area (Å²) in [5.74, 6) is 0. The van der Waals surface area contributed by atoms with Crippen LogP contribution in [0, 0.1) is 0 Å². The molecule has 2 aromatic carbocycles. The van der Waals surface area contributed by atoms with Crippen molar-refractivity contribution in [2.75, 3.05) is 0 Å². The zero-order valence-corrected chi connectivity index (χ0v) is 29.2. The standard InChI is InChI=1S/C40H42S4/c1-3-5-7-9-11-29-13-17-31(18-14-29)33-21-23-35(41-33)37-25-27-39(43-37)40-28-26-38(44-40)36-24-22-34(42-36)32-19-15-30(16-20-32)12-10-8-6-4-2/h13-28H,3-12H2,1-2H3. The van der Waals surface area contributed by atoms with Crippen LogP contribution in [-0.4, -0.2) is 0 Å². The van der Waals surface area contributed by atoms with Crippen molar-refractivity contribution in [1.29, 1.82) is 0 Å². The van der Waals surface area contributed by atoms with Crippen LogP contribution in [0.3, 0.4) is 0 Å². The summed E-state index contributed by atoms with van der Waals surface area (Å²) in [5.41, 5.74) is 5.57. The third-order valence-corrected chi connectivity index (χ3v) is 13.3. The van der Waals surface area contributed by atoms with Crippen LogP contribution >= 0.6 is 45.3 Å². The zero-order chi connectivity index (χ0) is 30.1. The van der Waals surface area contributed by atoms with Crippen LogP contribution < -0.4 is 0 Å². The average Bonchev–Trinajstić information content (AvgIpc) is 3.88. The fraction of sp³-hybridized carbons (Fsp3) is 0.300. The van der Waals surface area contributed by atoms with Gasteiger partial charge in [-0.15, -0.1) is 45.3 Å². The van der Waals surface area contributed by atoms with E-state index >= 15 is 0 Å². The molecule has 0 unspecified atom stereocenters. The van der Waals surface area contributed by atoms with Crippen LogP contribution in [0.5, 0.6) is 0 Å². The molecule has 0 atom stereocenters. The number of hydrogen-bond acceptors (Lipinski definition) is 4. The van der Waals surface area contributed by atoms with Gasteiger partial charge in [0.2, 0.25) is 0 Å². The average molecular weight is 651 g/mol. The van der Waals surface area contributed by atoms with Gasteiger partial charge in [-0.2, -0.15) is 0 Å². The van der Waals surface area contributed by atoms with Crippen molar-refractivity contribution in [1.82, 2.24) is 0 Å². The summed E-state index contributed by atoms with van der Waals surface area (Å²) in [6, 6.07) is 36.8. The third-order valence-electron chi connectivity index (χ3n) is 8.27. The van der Waals surface area contributed by atoms with E-state index in [2.05, 4.69) is 111 Å². The van der Waals surface area contributed by atoms with E-state index in [9.17, 15) is 0 Å². The SMILES string of the molecule is CCCCCCc1ccc(-c2ccc(-c3ccc(-c4ccc(-c5ccc(-c6ccc(CCCCCC)cc6)s5)s4)s3)s2)cc1. The molecular weight excluding hydrogens is 609 g/mol. The van der Waals surface area contributed by atoms with Crippen molar-refractivity contribution in [3.8, 4) is 50.1 Å². The first-order valence-electron chi connectivity index (χ1n) is 16.3. The van der Waals surface area contributed by atoms with Gasteiger partial charge in [0.05, 0.1) is 0 Å². The first-order chi connectivity index (χ1) is 21.7. The molecule has 44 heavy (non-hydrogen) atoms. The first-order valence-corrected chi connectivity index (χ1v) is 19.6. The minimum atomic E-state index is 1.19. The maximum atomic E-state index is 2.32. The monoisotopic (exact) mass is 650 g/mol. The van der Waals surface area contributed by atoms with Gasteiger partial charge in [-0.1, -0.05) is 101 Å². The number of hydrogen-bond donors (Lipinski definition) is 0. The maximum Gasteiger partial charge on any atom is 0.0449 e. The molecule has 226 valence electrons. The Morgan fingerprint density at radius 3 is 0.932 bits per heavy atom. The van der Waals surface area contributed by atoms with Gasteiger partial charge in [0.25, 0.3) is 0 Å². The number of benzene rings is 2. The normalized spacial score (nSPS) is 11.4. The van der Waals surface area contributed by atoms with Crippen molar-refractivity contribution in [3.05, 3.63) is 108 Å². The lowest BCUT2D eigenvalue weighted by Crippen LogP contribution is -1.85. The van der Waals surface area contributed by atoms with Gasteiger partial charge in [-0.25, -0.2) is 0 Å². The molecule has 0 nitrogen and oxygen atoms in total. The highest BCUT2D eigenvalue weighted by atomic mass is 32.1. The fourth-order valence-electron chi connectivity index (χ4n) is 5.64. The summed E-state index contributed by atoms with van der Waals surface area (Å²) in [4.78, 5) is 10.8. The Morgan fingerprint density at radius 2 is 0.614 bits per heavy atom. The van der Waals surface area contributed by atoms with Crippen molar-refractivity contribution in [3.63, 3.8) is 0 Å². The van der Waals surface area contributed by atoms with Crippen LogP contribution in [-0.2, 0) is 12.8 Å². The number of unbranched alkanes of at least 4 members (excludes halogenated alkanes) is 6. The molecule has 6 rings (SSSR count). The second-order valence-electron chi connectivity index (χ2n) is 11.7. The third kappa shape index (κ3) is 7.90. The largest absolute Gasteiger partial charge is 0.134 e. The second-order valence-corrected chi connectivity index (χ2v) is 16.0. The Labute approximate surface area is 280 Å². The van der Waals surface area contributed by atoms with Crippen LogP contribution in [0.15, 0.2) is 97.1 Å². The highest BCUT2D eigenvalue weighted by Gasteiger charge is 2.13. The van der Waals surface area contributed by atoms with Gasteiger partial charge in [-0.3, -0.25) is 0 Å². The predicted octanol–water partition coefficient (Wildman–Crippen LogP) is 14.5. The van der Waals surface area contributed by atoms with Gasteiger partial charge in [0.1, 0.15) is 0 Å². The van der Waals surface area contributed by atoms with Gasteiger partial charge >= 0.3 is 0 Å². The van der Waals surface area contributed by atoms with E-state index in [1.807, 2.05) is 45.3 Å². The van der Waals surface area contributed by atoms with E-state index in [0.29, 0.717) is 0 Å². The van der Waals surface area contributed by atoms with Crippen molar-refractivity contribution in [2.24, 2.45) is 0 Å². The molecule has 0 radical (unpaired) electrons.